The highest BCUT2D eigenvalue weighted by Gasteiger charge is 2.22. The number of hydrogen-bond acceptors (Lipinski definition) is 5. The maximum atomic E-state index is 12.6. The first kappa shape index (κ1) is 27.0. The zero-order chi connectivity index (χ0) is 26.5. The van der Waals surface area contributed by atoms with E-state index in [1.807, 2.05) is 29.2 Å². The molecule has 2 N–H and O–H groups in total. The van der Waals surface area contributed by atoms with Gasteiger partial charge in [0, 0.05) is 49.5 Å². The lowest BCUT2D eigenvalue weighted by atomic mass is 10.1. The minimum absolute atomic E-state index is 0.0940. The predicted octanol–water partition coefficient (Wildman–Crippen LogP) is 6.07. The summed E-state index contributed by atoms with van der Waals surface area (Å²) in [5, 5.41) is 6.54. The van der Waals surface area contributed by atoms with Gasteiger partial charge in [0.1, 0.15) is 5.76 Å². The van der Waals surface area contributed by atoms with Crippen molar-refractivity contribution in [1.29, 1.82) is 0 Å². The Morgan fingerprint density at radius 3 is 2.38 bits per heavy atom. The van der Waals surface area contributed by atoms with Crippen molar-refractivity contribution in [2.45, 2.75) is 20.3 Å². The molecule has 1 aliphatic heterocycles. The van der Waals surface area contributed by atoms with Crippen LogP contribution in [0.25, 0.3) is 11.3 Å². The standard InChI is InChI=1S/C27H28Cl2N4O3S/c1-17(2)16-24(34)33-14-12-32(13-15-33)19-8-6-18(7-9-19)30-27(37)31-26(35)23-11-10-22(36-23)20-4-3-5-21(28)25(20)29/h3-11,17H,12-16H2,1-2H3,(H2,30,31,35,37). The minimum Gasteiger partial charge on any atom is -0.451 e. The van der Waals surface area contributed by atoms with Crippen LogP contribution < -0.4 is 15.5 Å². The molecule has 0 spiro atoms. The molecular formula is C27H28Cl2N4O3S. The number of piperazine rings is 1. The minimum atomic E-state index is -0.483. The van der Waals surface area contributed by atoms with E-state index in [0.29, 0.717) is 33.7 Å². The third kappa shape index (κ3) is 6.83. The van der Waals surface area contributed by atoms with Crippen molar-refractivity contribution in [1.82, 2.24) is 10.2 Å². The summed E-state index contributed by atoms with van der Waals surface area (Å²) in [6, 6.07) is 16.2. The van der Waals surface area contributed by atoms with Gasteiger partial charge in [-0.25, -0.2) is 0 Å². The molecule has 2 heterocycles. The highest BCUT2D eigenvalue weighted by Crippen LogP contribution is 2.34. The Hall–Kier alpha value is -3.07. The van der Waals surface area contributed by atoms with Gasteiger partial charge >= 0.3 is 0 Å². The van der Waals surface area contributed by atoms with Gasteiger partial charge in [-0.05, 0) is 66.7 Å². The van der Waals surface area contributed by atoms with Gasteiger partial charge in [-0.2, -0.15) is 0 Å². The van der Waals surface area contributed by atoms with Gasteiger partial charge < -0.3 is 19.5 Å². The number of nitrogens with zero attached hydrogens (tertiary/aromatic N) is 2. The average molecular weight is 560 g/mol. The van der Waals surface area contributed by atoms with E-state index in [-0.39, 0.29) is 16.8 Å². The summed E-state index contributed by atoms with van der Waals surface area (Å²) < 4.78 is 5.67. The fourth-order valence-electron chi connectivity index (χ4n) is 4.07. The summed E-state index contributed by atoms with van der Waals surface area (Å²) in [7, 11) is 0. The summed E-state index contributed by atoms with van der Waals surface area (Å²) in [4.78, 5) is 29.1. The van der Waals surface area contributed by atoms with E-state index >= 15 is 0 Å². The van der Waals surface area contributed by atoms with Crippen LogP contribution in [0.5, 0.6) is 0 Å². The topological polar surface area (TPSA) is 77.8 Å². The van der Waals surface area contributed by atoms with Crippen molar-refractivity contribution in [2.24, 2.45) is 5.92 Å². The van der Waals surface area contributed by atoms with Gasteiger partial charge in [0.2, 0.25) is 5.91 Å². The second kappa shape index (κ2) is 12.0. The van der Waals surface area contributed by atoms with Gasteiger partial charge in [0.15, 0.2) is 10.9 Å². The Labute approximate surface area is 231 Å². The predicted molar refractivity (Wildman–Crippen MR) is 153 cm³/mol. The molecule has 3 aromatic rings. The van der Waals surface area contributed by atoms with Crippen LogP contribution in [-0.2, 0) is 4.79 Å². The van der Waals surface area contributed by atoms with Crippen molar-refractivity contribution in [3.05, 3.63) is 70.4 Å². The van der Waals surface area contributed by atoms with Crippen LogP contribution in [0.1, 0.15) is 30.8 Å². The van der Waals surface area contributed by atoms with Gasteiger partial charge in [-0.1, -0.05) is 43.1 Å². The lowest BCUT2D eigenvalue weighted by Crippen LogP contribution is -2.49. The number of nitrogens with one attached hydrogen (secondary N) is 2. The quantitative estimate of drug-likeness (QED) is 0.357. The normalized spacial score (nSPS) is 13.5. The number of halogens is 2. The second-order valence-electron chi connectivity index (χ2n) is 9.19. The first-order chi connectivity index (χ1) is 17.7. The van der Waals surface area contributed by atoms with Gasteiger partial charge in [-0.3, -0.25) is 14.9 Å². The van der Waals surface area contributed by atoms with Crippen molar-refractivity contribution in [2.75, 3.05) is 36.4 Å². The molecule has 1 saturated heterocycles. The van der Waals surface area contributed by atoms with E-state index in [4.69, 9.17) is 39.8 Å². The molecule has 0 unspecified atom stereocenters. The summed E-state index contributed by atoms with van der Waals surface area (Å²) in [5.74, 6) is 0.631. The number of thiocarbonyl (C=S) groups is 1. The number of benzene rings is 2. The fourth-order valence-corrected chi connectivity index (χ4v) is 4.68. The molecule has 0 saturated carbocycles. The van der Waals surface area contributed by atoms with Gasteiger partial charge in [-0.15, -0.1) is 0 Å². The van der Waals surface area contributed by atoms with Crippen molar-refractivity contribution < 1.29 is 14.0 Å². The SMILES string of the molecule is CC(C)CC(=O)N1CCN(c2ccc(NC(=S)NC(=O)c3ccc(-c4cccc(Cl)c4Cl)o3)cc2)CC1. The fraction of sp³-hybridized carbons (Fsp3) is 0.296. The smallest absolute Gasteiger partial charge is 0.293 e. The van der Waals surface area contributed by atoms with Crippen LogP contribution in [0.3, 0.4) is 0 Å². The van der Waals surface area contributed by atoms with Crippen LogP contribution in [0.15, 0.2) is 59.0 Å². The first-order valence-electron chi connectivity index (χ1n) is 12.0. The number of carbonyl (C=O) groups is 2. The van der Waals surface area contributed by atoms with E-state index in [2.05, 4.69) is 29.4 Å². The molecule has 1 aliphatic rings. The monoisotopic (exact) mass is 558 g/mol. The third-order valence-corrected chi connectivity index (χ3v) is 7.00. The molecular weight excluding hydrogens is 531 g/mol. The number of rotatable bonds is 6. The zero-order valence-electron chi connectivity index (χ0n) is 20.6. The van der Waals surface area contributed by atoms with Crippen LogP contribution in [0, 0.1) is 5.92 Å². The summed E-state index contributed by atoms with van der Waals surface area (Å²) in [5.41, 5.74) is 2.41. The van der Waals surface area contributed by atoms with Crippen molar-refractivity contribution in [3.8, 4) is 11.3 Å². The van der Waals surface area contributed by atoms with Crippen LogP contribution in [-0.4, -0.2) is 48.0 Å². The zero-order valence-corrected chi connectivity index (χ0v) is 22.9. The highest BCUT2D eigenvalue weighted by atomic mass is 35.5. The second-order valence-corrected chi connectivity index (χ2v) is 10.4. The number of furan rings is 1. The molecule has 10 heteroatoms. The van der Waals surface area contributed by atoms with E-state index in [1.54, 1.807) is 30.3 Å². The first-order valence-corrected chi connectivity index (χ1v) is 13.2. The van der Waals surface area contributed by atoms with E-state index < -0.39 is 5.91 Å². The van der Waals surface area contributed by atoms with Crippen LogP contribution in [0.2, 0.25) is 10.0 Å². The molecule has 0 bridgehead atoms. The lowest BCUT2D eigenvalue weighted by Gasteiger charge is -2.36. The number of anilines is 2. The maximum Gasteiger partial charge on any atom is 0.293 e. The molecule has 2 aromatic carbocycles. The third-order valence-electron chi connectivity index (χ3n) is 5.98. The van der Waals surface area contributed by atoms with Crippen LogP contribution in [0.4, 0.5) is 11.4 Å². The number of hydrogen-bond donors (Lipinski definition) is 2. The average Bonchev–Trinajstić information content (AvgIpc) is 3.36. The Morgan fingerprint density at radius 2 is 1.70 bits per heavy atom. The van der Waals surface area contributed by atoms with E-state index in [9.17, 15) is 9.59 Å². The molecule has 4 rings (SSSR count). The van der Waals surface area contributed by atoms with Crippen LogP contribution >= 0.6 is 35.4 Å². The Morgan fingerprint density at radius 1 is 1.00 bits per heavy atom. The van der Waals surface area contributed by atoms with Crippen molar-refractivity contribution >= 4 is 63.7 Å². The van der Waals surface area contributed by atoms with Gasteiger partial charge in [0.25, 0.3) is 5.91 Å². The molecule has 1 aromatic heterocycles. The number of amides is 2. The summed E-state index contributed by atoms with van der Waals surface area (Å²) in [6.45, 7) is 7.14. The highest BCUT2D eigenvalue weighted by molar-refractivity contribution is 7.80. The lowest BCUT2D eigenvalue weighted by molar-refractivity contribution is -0.132. The molecule has 0 radical (unpaired) electrons. The molecule has 37 heavy (non-hydrogen) atoms. The summed E-state index contributed by atoms with van der Waals surface area (Å²) >= 11 is 17.6. The molecule has 194 valence electrons. The molecule has 1 fully saturated rings. The maximum absolute atomic E-state index is 12.6. The Balaban J connectivity index is 1.29. The van der Waals surface area contributed by atoms with E-state index in [0.717, 1.165) is 37.6 Å². The van der Waals surface area contributed by atoms with Gasteiger partial charge in [0.05, 0.1) is 10.0 Å². The largest absolute Gasteiger partial charge is 0.451 e. The summed E-state index contributed by atoms with van der Waals surface area (Å²) in [6.07, 6.45) is 0.591. The molecule has 0 atom stereocenters. The Bertz CT molecular complexity index is 1290. The van der Waals surface area contributed by atoms with Crippen molar-refractivity contribution in [3.63, 3.8) is 0 Å². The molecule has 7 nitrogen and oxygen atoms in total. The number of carbonyl (C=O) groups excluding carboxylic acids is 2. The molecule has 0 aliphatic carbocycles. The Kier molecular flexibility index (Phi) is 8.74. The molecule has 2 amide bonds. The van der Waals surface area contributed by atoms with E-state index in [1.165, 1.54) is 0 Å².